The first-order valence-corrected chi connectivity index (χ1v) is 6.03. The maximum Gasteiger partial charge on any atom is 0.232 e. The van der Waals surface area contributed by atoms with Crippen molar-refractivity contribution in [3.05, 3.63) is 18.1 Å². The predicted molar refractivity (Wildman–Crippen MR) is 62.2 cm³/mol. The first-order chi connectivity index (χ1) is 7.88. The van der Waals surface area contributed by atoms with Gasteiger partial charge >= 0.3 is 0 Å². The fourth-order valence-corrected chi connectivity index (χ4v) is 1.39. The lowest BCUT2D eigenvalue weighted by atomic mass is 10.4. The van der Waals surface area contributed by atoms with Crippen LogP contribution in [-0.4, -0.2) is 23.1 Å². The van der Waals surface area contributed by atoms with E-state index in [9.17, 15) is 0 Å². The number of rotatable bonds is 7. The standard InChI is InChI=1S/C12H19N3O/c1-2-5-13-6-11-7-15-12(8-14-11)16-9-10-3-4-10/h7-8,10,13H,2-6,9H2,1H3. The molecule has 4 heteroatoms. The summed E-state index contributed by atoms with van der Waals surface area (Å²) in [5.41, 5.74) is 0.965. The molecule has 1 N–H and O–H groups in total. The lowest BCUT2D eigenvalue weighted by Gasteiger charge is -2.05. The zero-order valence-corrected chi connectivity index (χ0v) is 9.78. The highest BCUT2D eigenvalue weighted by Crippen LogP contribution is 2.28. The average Bonchev–Trinajstić information content (AvgIpc) is 3.12. The van der Waals surface area contributed by atoms with E-state index in [4.69, 9.17) is 4.74 Å². The summed E-state index contributed by atoms with van der Waals surface area (Å²) in [6.45, 7) is 4.74. The molecule has 16 heavy (non-hydrogen) atoms. The molecule has 0 unspecified atom stereocenters. The van der Waals surface area contributed by atoms with Gasteiger partial charge in [-0.25, -0.2) is 4.98 Å². The van der Waals surface area contributed by atoms with Crippen LogP contribution in [0.3, 0.4) is 0 Å². The normalized spacial score (nSPS) is 15.1. The van der Waals surface area contributed by atoms with Gasteiger partial charge in [-0.2, -0.15) is 0 Å². The Morgan fingerprint density at radius 1 is 1.38 bits per heavy atom. The first kappa shape index (κ1) is 11.3. The van der Waals surface area contributed by atoms with Crippen molar-refractivity contribution in [2.24, 2.45) is 5.92 Å². The monoisotopic (exact) mass is 221 g/mol. The summed E-state index contributed by atoms with van der Waals surface area (Å²) in [4.78, 5) is 8.53. The largest absolute Gasteiger partial charge is 0.476 e. The third kappa shape index (κ3) is 3.77. The number of hydrogen-bond donors (Lipinski definition) is 1. The van der Waals surface area contributed by atoms with Crippen LogP contribution in [0.25, 0.3) is 0 Å². The zero-order valence-electron chi connectivity index (χ0n) is 9.78. The van der Waals surface area contributed by atoms with Crippen LogP contribution < -0.4 is 10.1 Å². The molecule has 0 aromatic carbocycles. The summed E-state index contributed by atoms with van der Waals surface area (Å²) >= 11 is 0. The molecule has 0 saturated heterocycles. The second-order valence-electron chi connectivity index (χ2n) is 4.28. The molecule has 88 valence electrons. The van der Waals surface area contributed by atoms with Gasteiger partial charge in [0.25, 0.3) is 0 Å². The van der Waals surface area contributed by atoms with Crippen LogP contribution in [0.5, 0.6) is 5.88 Å². The van der Waals surface area contributed by atoms with Crippen molar-refractivity contribution in [1.29, 1.82) is 0 Å². The SMILES string of the molecule is CCCNCc1cnc(OCC2CC2)cn1. The van der Waals surface area contributed by atoms with E-state index in [0.29, 0.717) is 5.88 Å². The Kier molecular flexibility index (Phi) is 4.10. The highest BCUT2D eigenvalue weighted by molar-refractivity contribution is 5.07. The Morgan fingerprint density at radius 3 is 2.88 bits per heavy atom. The minimum Gasteiger partial charge on any atom is -0.476 e. The van der Waals surface area contributed by atoms with Crippen LogP contribution in [-0.2, 0) is 6.54 Å². The van der Waals surface area contributed by atoms with Gasteiger partial charge in [0.2, 0.25) is 5.88 Å². The first-order valence-electron chi connectivity index (χ1n) is 6.03. The summed E-state index contributed by atoms with van der Waals surface area (Å²) < 4.78 is 5.52. The van der Waals surface area contributed by atoms with E-state index in [1.807, 2.05) is 0 Å². The van der Waals surface area contributed by atoms with Gasteiger partial charge in [-0.1, -0.05) is 6.92 Å². The van der Waals surface area contributed by atoms with Crippen molar-refractivity contribution in [2.75, 3.05) is 13.2 Å². The molecule has 1 saturated carbocycles. The molecule has 0 spiro atoms. The summed E-state index contributed by atoms with van der Waals surface area (Å²) in [5.74, 6) is 1.40. The number of ether oxygens (including phenoxy) is 1. The highest BCUT2D eigenvalue weighted by Gasteiger charge is 2.22. The lowest BCUT2D eigenvalue weighted by molar-refractivity contribution is 0.287. The van der Waals surface area contributed by atoms with E-state index >= 15 is 0 Å². The van der Waals surface area contributed by atoms with Gasteiger partial charge in [-0.3, -0.25) is 4.98 Å². The molecule has 1 heterocycles. The summed E-state index contributed by atoms with van der Waals surface area (Å²) in [7, 11) is 0. The summed E-state index contributed by atoms with van der Waals surface area (Å²) in [6.07, 6.45) is 7.23. The molecule has 1 aliphatic carbocycles. The molecule has 2 rings (SSSR count). The van der Waals surface area contributed by atoms with Gasteiger partial charge in [0.15, 0.2) is 0 Å². The predicted octanol–water partition coefficient (Wildman–Crippen LogP) is 1.76. The van der Waals surface area contributed by atoms with Gasteiger partial charge in [0.05, 0.1) is 24.7 Å². The Hall–Kier alpha value is -1.16. The summed E-state index contributed by atoms with van der Waals surface area (Å²) in [5, 5.41) is 3.29. The fourth-order valence-electron chi connectivity index (χ4n) is 1.39. The van der Waals surface area contributed by atoms with Crippen molar-refractivity contribution in [3.63, 3.8) is 0 Å². The molecule has 0 amide bonds. The van der Waals surface area contributed by atoms with Crippen LogP contribution in [0.4, 0.5) is 0 Å². The molecule has 0 radical (unpaired) electrons. The molecule has 1 aromatic heterocycles. The maximum absolute atomic E-state index is 5.52. The summed E-state index contributed by atoms with van der Waals surface area (Å²) in [6, 6.07) is 0. The minimum absolute atomic E-state index is 0.645. The van der Waals surface area contributed by atoms with Crippen molar-refractivity contribution in [3.8, 4) is 5.88 Å². The molecule has 0 bridgehead atoms. The Bertz CT molecular complexity index is 309. The molecule has 1 aromatic rings. The van der Waals surface area contributed by atoms with Crippen LogP contribution in [0.15, 0.2) is 12.4 Å². The van der Waals surface area contributed by atoms with Crippen molar-refractivity contribution < 1.29 is 4.74 Å². The Labute approximate surface area is 96.4 Å². The van der Waals surface area contributed by atoms with Gasteiger partial charge in [0, 0.05) is 6.54 Å². The molecular formula is C12H19N3O. The molecule has 4 nitrogen and oxygen atoms in total. The number of hydrogen-bond acceptors (Lipinski definition) is 4. The maximum atomic E-state index is 5.52. The number of aromatic nitrogens is 2. The van der Waals surface area contributed by atoms with E-state index in [1.165, 1.54) is 12.8 Å². The van der Waals surface area contributed by atoms with Crippen molar-refractivity contribution in [2.45, 2.75) is 32.7 Å². The van der Waals surface area contributed by atoms with Crippen LogP contribution in [0, 0.1) is 5.92 Å². The zero-order chi connectivity index (χ0) is 11.2. The van der Waals surface area contributed by atoms with Gasteiger partial charge in [-0.05, 0) is 31.7 Å². The molecule has 1 aliphatic rings. The van der Waals surface area contributed by atoms with Crippen LogP contribution >= 0.6 is 0 Å². The smallest absolute Gasteiger partial charge is 0.232 e. The lowest BCUT2D eigenvalue weighted by Crippen LogP contribution is -2.15. The van der Waals surface area contributed by atoms with Crippen molar-refractivity contribution >= 4 is 0 Å². The molecule has 0 aliphatic heterocycles. The van der Waals surface area contributed by atoms with Crippen molar-refractivity contribution in [1.82, 2.24) is 15.3 Å². The number of nitrogens with one attached hydrogen (secondary N) is 1. The fraction of sp³-hybridized carbons (Fsp3) is 0.667. The minimum atomic E-state index is 0.645. The van der Waals surface area contributed by atoms with Crippen LogP contribution in [0.1, 0.15) is 31.9 Å². The average molecular weight is 221 g/mol. The van der Waals surface area contributed by atoms with Gasteiger partial charge < -0.3 is 10.1 Å². The van der Waals surface area contributed by atoms with E-state index < -0.39 is 0 Å². The highest BCUT2D eigenvalue weighted by atomic mass is 16.5. The second-order valence-corrected chi connectivity index (χ2v) is 4.28. The van der Waals surface area contributed by atoms with E-state index in [1.54, 1.807) is 12.4 Å². The van der Waals surface area contributed by atoms with Gasteiger partial charge in [-0.15, -0.1) is 0 Å². The molecule has 1 fully saturated rings. The Morgan fingerprint density at radius 2 is 2.25 bits per heavy atom. The third-order valence-corrected chi connectivity index (χ3v) is 2.58. The quantitative estimate of drug-likeness (QED) is 0.713. The second kappa shape index (κ2) is 5.80. The van der Waals surface area contributed by atoms with E-state index in [0.717, 1.165) is 37.7 Å². The van der Waals surface area contributed by atoms with E-state index in [2.05, 4.69) is 22.2 Å². The Balaban J connectivity index is 1.74. The molecule has 0 atom stereocenters. The topological polar surface area (TPSA) is 47.0 Å². The molecular weight excluding hydrogens is 202 g/mol. The third-order valence-electron chi connectivity index (χ3n) is 2.58. The van der Waals surface area contributed by atoms with Crippen LogP contribution in [0.2, 0.25) is 0 Å². The van der Waals surface area contributed by atoms with Gasteiger partial charge in [0.1, 0.15) is 0 Å². The van der Waals surface area contributed by atoms with E-state index in [-0.39, 0.29) is 0 Å². The number of nitrogens with zero attached hydrogens (tertiary/aromatic N) is 2.